The summed E-state index contributed by atoms with van der Waals surface area (Å²) in [5.41, 5.74) is 7.69. The molecule has 3 nitrogen and oxygen atoms in total. The second-order valence-electron chi connectivity index (χ2n) is 4.77. The standard InChI is InChI=1S/C16H19FN2O/c17-16-10-15(18)7-6-14(16)12-19(8-9-20)11-13-4-2-1-3-5-13/h1-7,10,20H,8-9,11-12,18H2. The molecule has 0 heterocycles. The molecule has 0 aliphatic rings. The molecule has 3 N–H and O–H groups in total. The van der Waals surface area contributed by atoms with Crippen LogP contribution in [0.1, 0.15) is 11.1 Å². The lowest BCUT2D eigenvalue weighted by molar-refractivity contribution is 0.183. The van der Waals surface area contributed by atoms with Gasteiger partial charge in [0, 0.05) is 30.9 Å². The van der Waals surface area contributed by atoms with E-state index in [1.165, 1.54) is 6.07 Å². The van der Waals surface area contributed by atoms with Crippen molar-refractivity contribution in [3.63, 3.8) is 0 Å². The monoisotopic (exact) mass is 274 g/mol. The lowest BCUT2D eigenvalue weighted by Crippen LogP contribution is -2.26. The van der Waals surface area contributed by atoms with Crippen LogP contribution in [0.4, 0.5) is 10.1 Å². The molecular formula is C16H19FN2O. The summed E-state index contributed by atoms with van der Waals surface area (Å²) in [5, 5.41) is 9.15. The maximum Gasteiger partial charge on any atom is 0.129 e. The Morgan fingerprint density at radius 2 is 1.80 bits per heavy atom. The third-order valence-electron chi connectivity index (χ3n) is 3.14. The van der Waals surface area contributed by atoms with E-state index in [4.69, 9.17) is 10.8 Å². The first-order valence-electron chi connectivity index (χ1n) is 6.60. The largest absolute Gasteiger partial charge is 0.399 e. The van der Waals surface area contributed by atoms with Crippen molar-refractivity contribution in [2.24, 2.45) is 0 Å². The summed E-state index contributed by atoms with van der Waals surface area (Å²) < 4.78 is 13.8. The molecule has 0 saturated carbocycles. The number of aliphatic hydroxyl groups is 1. The van der Waals surface area contributed by atoms with Gasteiger partial charge in [-0.05, 0) is 17.7 Å². The van der Waals surface area contributed by atoms with Gasteiger partial charge in [0.05, 0.1) is 6.61 Å². The predicted octanol–water partition coefficient (Wildman–Crippen LogP) is 2.40. The first-order chi connectivity index (χ1) is 9.69. The zero-order valence-corrected chi connectivity index (χ0v) is 11.3. The quantitative estimate of drug-likeness (QED) is 0.795. The molecule has 0 bridgehead atoms. The van der Waals surface area contributed by atoms with Gasteiger partial charge in [0.2, 0.25) is 0 Å². The predicted molar refractivity (Wildman–Crippen MR) is 78.5 cm³/mol. The number of benzene rings is 2. The molecule has 20 heavy (non-hydrogen) atoms. The first-order valence-corrected chi connectivity index (χ1v) is 6.60. The molecule has 0 amide bonds. The summed E-state index contributed by atoms with van der Waals surface area (Å²) in [7, 11) is 0. The topological polar surface area (TPSA) is 49.5 Å². The minimum Gasteiger partial charge on any atom is -0.399 e. The Hall–Kier alpha value is -1.91. The van der Waals surface area contributed by atoms with Crippen LogP contribution in [0.5, 0.6) is 0 Å². The van der Waals surface area contributed by atoms with Crippen LogP contribution in [0, 0.1) is 5.82 Å². The van der Waals surface area contributed by atoms with Gasteiger partial charge >= 0.3 is 0 Å². The Morgan fingerprint density at radius 3 is 2.45 bits per heavy atom. The lowest BCUT2D eigenvalue weighted by Gasteiger charge is -2.22. The number of hydrogen-bond acceptors (Lipinski definition) is 3. The van der Waals surface area contributed by atoms with Gasteiger partial charge in [-0.3, -0.25) is 4.90 Å². The second kappa shape index (κ2) is 7.03. The lowest BCUT2D eigenvalue weighted by atomic mass is 10.1. The molecule has 0 unspecified atom stereocenters. The summed E-state index contributed by atoms with van der Waals surface area (Å²) in [4.78, 5) is 2.00. The van der Waals surface area contributed by atoms with Crippen molar-refractivity contribution >= 4 is 5.69 Å². The first kappa shape index (κ1) is 14.5. The smallest absolute Gasteiger partial charge is 0.129 e. The van der Waals surface area contributed by atoms with Crippen molar-refractivity contribution in [3.05, 3.63) is 65.5 Å². The molecule has 2 aromatic carbocycles. The van der Waals surface area contributed by atoms with E-state index < -0.39 is 0 Å². The zero-order valence-electron chi connectivity index (χ0n) is 11.3. The third-order valence-corrected chi connectivity index (χ3v) is 3.14. The van der Waals surface area contributed by atoms with E-state index in [-0.39, 0.29) is 12.4 Å². The summed E-state index contributed by atoms with van der Waals surface area (Å²) in [6.45, 7) is 1.66. The highest BCUT2D eigenvalue weighted by Crippen LogP contribution is 2.15. The number of aliphatic hydroxyl groups excluding tert-OH is 1. The van der Waals surface area contributed by atoms with Gasteiger partial charge in [0.15, 0.2) is 0 Å². The van der Waals surface area contributed by atoms with E-state index in [1.807, 2.05) is 35.2 Å². The number of hydrogen-bond donors (Lipinski definition) is 2. The zero-order chi connectivity index (χ0) is 14.4. The van der Waals surface area contributed by atoms with E-state index in [0.717, 1.165) is 5.56 Å². The number of anilines is 1. The van der Waals surface area contributed by atoms with Crippen molar-refractivity contribution in [1.82, 2.24) is 4.90 Å². The Morgan fingerprint density at radius 1 is 1.05 bits per heavy atom. The molecule has 0 fully saturated rings. The summed E-state index contributed by atoms with van der Waals surface area (Å²) in [6.07, 6.45) is 0. The number of nitrogen functional groups attached to an aromatic ring is 1. The van der Waals surface area contributed by atoms with Crippen LogP contribution >= 0.6 is 0 Å². The van der Waals surface area contributed by atoms with Crippen molar-refractivity contribution in [2.75, 3.05) is 18.9 Å². The average molecular weight is 274 g/mol. The van der Waals surface area contributed by atoms with Gasteiger partial charge in [-0.2, -0.15) is 0 Å². The van der Waals surface area contributed by atoms with Gasteiger partial charge in [-0.25, -0.2) is 4.39 Å². The molecule has 0 aliphatic carbocycles. The second-order valence-corrected chi connectivity index (χ2v) is 4.77. The number of nitrogens with two attached hydrogens (primary N) is 1. The minimum atomic E-state index is -0.305. The Balaban J connectivity index is 2.09. The highest BCUT2D eigenvalue weighted by atomic mass is 19.1. The number of halogens is 1. The molecule has 0 aliphatic heterocycles. The summed E-state index contributed by atoms with van der Waals surface area (Å²) in [6, 6.07) is 14.6. The van der Waals surface area contributed by atoms with E-state index in [0.29, 0.717) is 30.9 Å². The van der Waals surface area contributed by atoms with Gasteiger partial charge < -0.3 is 10.8 Å². The molecule has 0 aromatic heterocycles. The SMILES string of the molecule is Nc1ccc(CN(CCO)Cc2ccccc2)c(F)c1. The average Bonchev–Trinajstić information content (AvgIpc) is 2.43. The fraction of sp³-hybridized carbons (Fsp3) is 0.250. The third kappa shape index (κ3) is 4.05. The van der Waals surface area contributed by atoms with Crippen LogP contribution in [-0.4, -0.2) is 23.2 Å². The van der Waals surface area contributed by atoms with Crippen LogP contribution in [0.3, 0.4) is 0 Å². The Bertz CT molecular complexity index is 545. The van der Waals surface area contributed by atoms with Crippen LogP contribution in [0.15, 0.2) is 48.5 Å². The maximum atomic E-state index is 13.8. The van der Waals surface area contributed by atoms with Crippen LogP contribution in [0.2, 0.25) is 0 Å². The molecule has 2 aromatic rings. The highest BCUT2D eigenvalue weighted by Gasteiger charge is 2.10. The molecule has 0 atom stereocenters. The van der Waals surface area contributed by atoms with Crippen molar-refractivity contribution < 1.29 is 9.50 Å². The summed E-state index contributed by atoms with van der Waals surface area (Å²) >= 11 is 0. The molecule has 106 valence electrons. The van der Waals surface area contributed by atoms with E-state index >= 15 is 0 Å². The van der Waals surface area contributed by atoms with Crippen molar-refractivity contribution in [2.45, 2.75) is 13.1 Å². The number of nitrogens with zero attached hydrogens (tertiary/aromatic N) is 1. The van der Waals surface area contributed by atoms with Gasteiger partial charge in [0.25, 0.3) is 0 Å². The molecule has 0 spiro atoms. The van der Waals surface area contributed by atoms with Gasteiger partial charge in [0.1, 0.15) is 5.82 Å². The van der Waals surface area contributed by atoms with Crippen LogP contribution in [-0.2, 0) is 13.1 Å². The fourth-order valence-corrected chi connectivity index (χ4v) is 2.13. The number of rotatable bonds is 6. The van der Waals surface area contributed by atoms with E-state index in [2.05, 4.69) is 0 Å². The van der Waals surface area contributed by atoms with Crippen molar-refractivity contribution in [3.8, 4) is 0 Å². The molecule has 0 radical (unpaired) electrons. The fourth-order valence-electron chi connectivity index (χ4n) is 2.13. The van der Waals surface area contributed by atoms with Crippen LogP contribution in [0.25, 0.3) is 0 Å². The van der Waals surface area contributed by atoms with Gasteiger partial charge in [-0.1, -0.05) is 36.4 Å². The van der Waals surface area contributed by atoms with Crippen molar-refractivity contribution in [1.29, 1.82) is 0 Å². The normalized spacial score (nSPS) is 10.9. The Kier molecular flexibility index (Phi) is 5.09. The molecule has 0 saturated heterocycles. The maximum absolute atomic E-state index is 13.8. The van der Waals surface area contributed by atoms with E-state index in [9.17, 15) is 4.39 Å². The van der Waals surface area contributed by atoms with Crippen LogP contribution < -0.4 is 5.73 Å². The minimum absolute atomic E-state index is 0.0451. The van der Waals surface area contributed by atoms with E-state index in [1.54, 1.807) is 12.1 Å². The van der Waals surface area contributed by atoms with Gasteiger partial charge in [-0.15, -0.1) is 0 Å². The highest BCUT2D eigenvalue weighted by molar-refractivity contribution is 5.40. The molecule has 4 heteroatoms. The summed E-state index contributed by atoms with van der Waals surface area (Å²) in [5.74, 6) is -0.305. The molecule has 2 rings (SSSR count). The Labute approximate surface area is 118 Å². The molecular weight excluding hydrogens is 255 g/mol.